The van der Waals surface area contributed by atoms with E-state index in [9.17, 15) is 9.59 Å². The molecule has 2 amide bonds. The van der Waals surface area contributed by atoms with Gasteiger partial charge in [-0.1, -0.05) is 13.0 Å². The minimum absolute atomic E-state index is 0.0257. The van der Waals surface area contributed by atoms with Crippen molar-refractivity contribution in [2.75, 3.05) is 6.54 Å². The fraction of sp³-hybridized carbons (Fsp3) is 0.533. The molecule has 0 saturated carbocycles. The van der Waals surface area contributed by atoms with Gasteiger partial charge in [-0.3, -0.25) is 14.6 Å². The van der Waals surface area contributed by atoms with Crippen LogP contribution in [-0.2, 0) is 9.59 Å². The zero-order valence-corrected chi connectivity index (χ0v) is 12.2. The highest BCUT2D eigenvalue weighted by Gasteiger charge is 2.40. The van der Waals surface area contributed by atoms with Gasteiger partial charge >= 0.3 is 0 Å². The molecule has 2 atom stereocenters. The van der Waals surface area contributed by atoms with Gasteiger partial charge in [-0.05, 0) is 31.9 Å². The normalized spacial score (nSPS) is 25.1. The van der Waals surface area contributed by atoms with Gasteiger partial charge in [-0.25, -0.2) is 0 Å². The Morgan fingerprint density at radius 1 is 1.50 bits per heavy atom. The lowest BCUT2D eigenvalue weighted by Crippen LogP contribution is -2.55. The number of hydrogen-bond acceptors (Lipinski definition) is 3. The lowest BCUT2D eigenvalue weighted by Gasteiger charge is -2.34. The quantitative estimate of drug-likeness (QED) is 0.912. The third kappa shape index (κ3) is 2.66. The second-order valence-electron chi connectivity index (χ2n) is 5.44. The maximum atomic E-state index is 12.7. The monoisotopic (exact) mass is 275 g/mol. The van der Waals surface area contributed by atoms with Crippen molar-refractivity contribution in [3.8, 4) is 0 Å². The Bertz CT molecular complexity index is 503. The smallest absolute Gasteiger partial charge is 0.248 e. The van der Waals surface area contributed by atoms with Crippen molar-refractivity contribution in [3.63, 3.8) is 0 Å². The van der Waals surface area contributed by atoms with E-state index in [0.717, 1.165) is 5.56 Å². The van der Waals surface area contributed by atoms with E-state index in [1.807, 2.05) is 26.0 Å². The molecule has 0 radical (unpaired) electrons. The second kappa shape index (κ2) is 5.61. The lowest BCUT2D eigenvalue weighted by molar-refractivity contribution is -0.140. The van der Waals surface area contributed by atoms with Gasteiger partial charge in [0.25, 0.3) is 0 Å². The fourth-order valence-electron chi connectivity index (χ4n) is 2.48. The van der Waals surface area contributed by atoms with Crippen LogP contribution in [0.2, 0.25) is 0 Å². The molecule has 1 fully saturated rings. The van der Waals surface area contributed by atoms with Gasteiger partial charge in [0.15, 0.2) is 0 Å². The summed E-state index contributed by atoms with van der Waals surface area (Å²) in [5, 5.41) is 2.85. The molecular weight excluding hydrogens is 254 g/mol. The van der Waals surface area contributed by atoms with Gasteiger partial charge in [-0.2, -0.15) is 0 Å². The Balaban J connectivity index is 2.30. The second-order valence-corrected chi connectivity index (χ2v) is 5.44. The van der Waals surface area contributed by atoms with Crippen LogP contribution in [0.5, 0.6) is 0 Å². The highest BCUT2D eigenvalue weighted by atomic mass is 16.2. The number of amides is 2. The summed E-state index contributed by atoms with van der Waals surface area (Å²) < 4.78 is 0. The first kappa shape index (κ1) is 14.5. The average Bonchev–Trinajstić information content (AvgIpc) is 2.57. The molecule has 0 bridgehead atoms. The number of pyridine rings is 1. The molecule has 5 nitrogen and oxygen atoms in total. The zero-order chi connectivity index (χ0) is 14.8. The summed E-state index contributed by atoms with van der Waals surface area (Å²) in [5.74, 6) is -0.0919. The molecule has 0 aromatic carbocycles. The summed E-state index contributed by atoms with van der Waals surface area (Å²) in [7, 11) is 0. The Labute approximate surface area is 119 Å². The fourth-order valence-corrected chi connectivity index (χ4v) is 2.48. The van der Waals surface area contributed by atoms with Crippen LogP contribution in [0.3, 0.4) is 0 Å². The van der Waals surface area contributed by atoms with Crippen molar-refractivity contribution in [1.29, 1.82) is 0 Å². The van der Waals surface area contributed by atoms with E-state index < -0.39 is 5.54 Å². The Morgan fingerprint density at radius 3 is 2.85 bits per heavy atom. The molecule has 1 aliphatic heterocycles. The molecule has 0 spiro atoms. The largest absolute Gasteiger partial charge is 0.342 e. The summed E-state index contributed by atoms with van der Waals surface area (Å²) >= 11 is 0. The maximum Gasteiger partial charge on any atom is 0.248 e. The van der Waals surface area contributed by atoms with E-state index in [1.165, 1.54) is 0 Å². The lowest BCUT2D eigenvalue weighted by atomic mass is 9.96. The number of hydrogen-bond donors (Lipinski definition) is 1. The SMILES string of the molecule is CCC1(C)NC(=O)CCN(C(C)c2cccnc2)C1=O. The predicted molar refractivity (Wildman–Crippen MR) is 75.8 cm³/mol. The van der Waals surface area contributed by atoms with Crippen LogP contribution in [-0.4, -0.2) is 33.8 Å². The van der Waals surface area contributed by atoms with Gasteiger partial charge in [0.2, 0.25) is 11.8 Å². The van der Waals surface area contributed by atoms with Gasteiger partial charge in [0.05, 0.1) is 6.04 Å². The Kier molecular flexibility index (Phi) is 4.06. The van der Waals surface area contributed by atoms with E-state index in [4.69, 9.17) is 0 Å². The van der Waals surface area contributed by atoms with Crippen molar-refractivity contribution >= 4 is 11.8 Å². The van der Waals surface area contributed by atoms with Gasteiger partial charge in [-0.15, -0.1) is 0 Å². The average molecular weight is 275 g/mol. The number of nitrogens with zero attached hydrogens (tertiary/aromatic N) is 2. The molecule has 1 N–H and O–H groups in total. The Morgan fingerprint density at radius 2 is 2.25 bits per heavy atom. The molecule has 1 saturated heterocycles. The van der Waals surface area contributed by atoms with Crippen molar-refractivity contribution in [2.45, 2.75) is 45.2 Å². The first-order chi connectivity index (χ1) is 9.48. The third-order valence-corrected chi connectivity index (χ3v) is 4.07. The summed E-state index contributed by atoms with van der Waals surface area (Å²) in [6, 6.07) is 3.72. The minimum atomic E-state index is -0.815. The van der Waals surface area contributed by atoms with Crippen LogP contribution < -0.4 is 5.32 Å². The molecule has 0 aliphatic carbocycles. The summed E-state index contributed by atoms with van der Waals surface area (Å²) in [6.07, 6.45) is 4.39. The van der Waals surface area contributed by atoms with E-state index in [-0.39, 0.29) is 17.9 Å². The van der Waals surface area contributed by atoms with Crippen LogP contribution >= 0.6 is 0 Å². The van der Waals surface area contributed by atoms with Crippen molar-refractivity contribution in [2.24, 2.45) is 0 Å². The van der Waals surface area contributed by atoms with Crippen molar-refractivity contribution < 1.29 is 9.59 Å². The molecule has 1 aliphatic rings. The highest BCUT2D eigenvalue weighted by Crippen LogP contribution is 2.26. The molecule has 1 aromatic heterocycles. The van der Waals surface area contributed by atoms with Gasteiger partial charge in [0.1, 0.15) is 5.54 Å². The standard InChI is InChI=1S/C15H21N3O2/c1-4-15(3)14(20)18(9-7-13(19)17-15)11(2)12-6-5-8-16-10-12/h5-6,8,10-11H,4,7,9H2,1-3H3,(H,17,19). The van der Waals surface area contributed by atoms with Crippen LogP contribution in [0.1, 0.15) is 45.2 Å². The molecule has 108 valence electrons. The van der Waals surface area contributed by atoms with Gasteiger partial charge < -0.3 is 10.2 Å². The molecule has 5 heteroatoms. The number of carbonyl (C=O) groups is 2. The molecule has 2 heterocycles. The predicted octanol–water partition coefficient (Wildman–Crippen LogP) is 1.66. The van der Waals surface area contributed by atoms with Crippen LogP contribution in [0, 0.1) is 0 Å². The highest BCUT2D eigenvalue weighted by molar-refractivity contribution is 5.93. The first-order valence-corrected chi connectivity index (χ1v) is 7.00. The molecule has 2 unspecified atom stereocenters. The molecule has 20 heavy (non-hydrogen) atoms. The number of rotatable bonds is 3. The summed E-state index contributed by atoms with van der Waals surface area (Å²) in [4.78, 5) is 30.4. The van der Waals surface area contributed by atoms with Crippen LogP contribution in [0.15, 0.2) is 24.5 Å². The summed E-state index contributed by atoms with van der Waals surface area (Å²) in [5.41, 5.74) is 0.165. The maximum absolute atomic E-state index is 12.7. The van der Waals surface area contributed by atoms with Crippen molar-refractivity contribution in [1.82, 2.24) is 15.2 Å². The van der Waals surface area contributed by atoms with E-state index in [1.54, 1.807) is 24.2 Å². The zero-order valence-electron chi connectivity index (χ0n) is 12.2. The topological polar surface area (TPSA) is 62.3 Å². The Hall–Kier alpha value is -1.91. The molecule has 2 rings (SSSR count). The number of carbonyl (C=O) groups excluding carboxylic acids is 2. The van der Waals surface area contributed by atoms with E-state index in [2.05, 4.69) is 10.3 Å². The van der Waals surface area contributed by atoms with Crippen molar-refractivity contribution in [3.05, 3.63) is 30.1 Å². The van der Waals surface area contributed by atoms with E-state index in [0.29, 0.717) is 19.4 Å². The van der Waals surface area contributed by atoms with Crippen LogP contribution in [0.25, 0.3) is 0 Å². The third-order valence-electron chi connectivity index (χ3n) is 4.07. The van der Waals surface area contributed by atoms with Gasteiger partial charge in [0, 0.05) is 25.4 Å². The number of aromatic nitrogens is 1. The number of nitrogens with one attached hydrogen (secondary N) is 1. The summed E-state index contributed by atoms with van der Waals surface area (Å²) in [6.45, 7) is 6.12. The first-order valence-electron chi connectivity index (χ1n) is 7.00. The van der Waals surface area contributed by atoms with Crippen LogP contribution in [0.4, 0.5) is 0 Å². The molecular formula is C15H21N3O2. The molecule has 1 aromatic rings. The van der Waals surface area contributed by atoms with E-state index >= 15 is 0 Å². The minimum Gasteiger partial charge on any atom is -0.342 e.